The van der Waals surface area contributed by atoms with Crippen LogP contribution in [0.2, 0.25) is 0 Å². The summed E-state index contributed by atoms with van der Waals surface area (Å²) in [5.41, 5.74) is 9.33. The minimum Gasteiger partial charge on any atom is -0.329 e. The Labute approximate surface area is 105 Å². The average molecular weight is 238 g/mol. The zero-order valence-electron chi connectivity index (χ0n) is 9.90. The fraction of sp³-hybridized carbons (Fsp3) is 0.143. The summed E-state index contributed by atoms with van der Waals surface area (Å²) in [7, 11) is 0. The second kappa shape index (κ2) is 4.58. The summed E-state index contributed by atoms with van der Waals surface area (Å²) in [6.07, 6.45) is 5.40. The minimum atomic E-state index is -0.0729. The van der Waals surface area contributed by atoms with Crippen LogP contribution >= 0.6 is 0 Å². The zero-order valence-corrected chi connectivity index (χ0v) is 9.90. The van der Waals surface area contributed by atoms with Gasteiger partial charge in [-0.25, -0.2) is 4.98 Å². The molecule has 1 unspecified atom stereocenters. The quantitative estimate of drug-likeness (QED) is 0.760. The topological polar surface area (TPSA) is 56.7 Å². The first-order chi connectivity index (χ1) is 8.84. The highest BCUT2D eigenvalue weighted by atomic mass is 15.1. The lowest BCUT2D eigenvalue weighted by molar-refractivity contribution is 0.587. The third kappa shape index (κ3) is 1.98. The maximum Gasteiger partial charge on any atom is 0.0958 e. The van der Waals surface area contributed by atoms with Gasteiger partial charge in [-0.15, -0.1) is 0 Å². The van der Waals surface area contributed by atoms with E-state index in [1.165, 1.54) is 0 Å². The summed E-state index contributed by atoms with van der Waals surface area (Å²) in [5, 5.41) is 0. The SMILES string of the molecule is NC(Cn1cnc2ccccc21)c1cccnc1. The number of nitrogens with two attached hydrogens (primary N) is 1. The molecule has 0 saturated carbocycles. The third-order valence-electron chi connectivity index (χ3n) is 3.03. The molecule has 0 bridgehead atoms. The number of hydrogen-bond donors (Lipinski definition) is 1. The molecule has 1 aromatic carbocycles. The predicted octanol–water partition coefficient (Wildman–Crippen LogP) is 2.13. The van der Waals surface area contributed by atoms with Crippen molar-refractivity contribution in [1.82, 2.24) is 14.5 Å². The largest absolute Gasteiger partial charge is 0.329 e. The van der Waals surface area contributed by atoms with Gasteiger partial charge in [-0.05, 0) is 23.8 Å². The van der Waals surface area contributed by atoms with Crippen LogP contribution in [0, 0.1) is 0 Å². The normalized spacial score (nSPS) is 12.7. The van der Waals surface area contributed by atoms with Crippen LogP contribution in [0.3, 0.4) is 0 Å². The molecule has 4 heteroatoms. The van der Waals surface area contributed by atoms with Gasteiger partial charge in [0.05, 0.1) is 17.4 Å². The van der Waals surface area contributed by atoms with E-state index in [4.69, 9.17) is 5.73 Å². The maximum atomic E-state index is 6.19. The molecule has 0 fully saturated rings. The van der Waals surface area contributed by atoms with Crippen molar-refractivity contribution in [3.05, 3.63) is 60.7 Å². The second-order valence-electron chi connectivity index (χ2n) is 4.28. The summed E-state index contributed by atoms with van der Waals surface area (Å²) in [4.78, 5) is 8.45. The van der Waals surface area contributed by atoms with Crippen LogP contribution in [0.5, 0.6) is 0 Å². The molecule has 0 aliphatic rings. The van der Waals surface area contributed by atoms with Crippen molar-refractivity contribution in [1.29, 1.82) is 0 Å². The second-order valence-corrected chi connectivity index (χ2v) is 4.28. The number of aromatic nitrogens is 3. The summed E-state index contributed by atoms with van der Waals surface area (Å²) >= 11 is 0. The van der Waals surface area contributed by atoms with Gasteiger partial charge in [0.1, 0.15) is 0 Å². The van der Waals surface area contributed by atoms with Crippen molar-refractivity contribution in [2.24, 2.45) is 5.73 Å². The molecule has 0 spiro atoms. The summed E-state index contributed by atoms with van der Waals surface area (Å²) in [6, 6.07) is 11.9. The van der Waals surface area contributed by atoms with E-state index < -0.39 is 0 Å². The Morgan fingerprint density at radius 2 is 2.06 bits per heavy atom. The summed E-state index contributed by atoms with van der Waals surface area (Å²) in [6.45, 7) is 0.701. The Hall–Kier alpha value is -2.20. The van der Waals surface area contributed by atoms with Gasteiger partial charge in [0.15, 0.2) is 0 Å². The fourth-order valence-corrected chi connectivity index (χ4v) is 2.07. The fourth-order valence-electron chi connectivity index (χ4n) is 2.07. The first-order valence-electron chi connectivity index (χ1n) is 5.90. The highest BCUT2D eigenvalue weighted by molar-refractivity contribution is 5.74. The highest BCUT2D eigenvalue weighted by Crippen LogP contribution is 2.16. The van der Waals surface area contributed by atoms with Crippen LogP contribution < -0.4 is 5.73 Å². The molecule has 90 valence electrons. The lowest BCUT2D eigenvalue weighted by atomic mass is 10.1. The molecule has 0 amide bonds. The molecule has 4 nitrogen and oxygen atoms in total. The number of pyridine rings is 1. The third-order valence-corrected chi connectivity index (χ3v) is 3.03. The molecule has 2 aromatic heterocycles. The van der Waals surface area contributed by atoms with Crippen molar-refractivity contribution in [3.8, 4) is 0 Å². The maximum absolute atomic E-state index is 6.19. The number of imidazole rings is 1. The number of rotatable bonds is 3. The molecule has 0 aliphatic heterocycles. The van der Waals surface area contributed by atoms with Gasteiger partial charge in [-0.3, -0.25) is 4.98 Å². The van der Waals surface area contributed by atoms with Gasteiger partial charge < -0.3 is 10.3 Å². The lowest BCUT2D eigenvalue weighted by Crippen LogP contribution is -2.17. The zero-order chi connectivity index (χ0) is 12.4. The molecule has 0 saturated heterocycles. The minimum absolute atomic E-state index is 0.0729. The van der Waals surface area contributed by atoms with Crippen molar-refractivity contribution in [3.63, 3.8) is 0 Å². The monoisotopic (exact) mass is 238 g/mol. The predicted molar refractivity (Wildman–Crippen MR) is 70.9 cm³/mol. The molecule has 1 atom stereocenters. The number of hydrogen-bond acceptors (Lipinski definition) is 3. The van der Waals surface area contributed by atoms with Crippen molar-refractivity contribution < 1.29 is 0 Å². The molecular formula is C14H14N4. The molecule has 3 aromatic rings. The van der Waals surface area contributed by atoms with Gasteiger partial charge in [0, 0.05) is 25.0 Å². The number of benzene rings is 1. The van der Waals surface area contributed by atoms with Crippen LogP contribution in [0.15, 0.2) is 55.1 Å². The van der Waals surface area contributed by atoms with Crippen molar-refractivity contribution >= 4 is 11.0 Å². The van der Waals surface area contributed by atoms with Gasteiger partial charge in [0.2, 0.25) is 0 Å². The Morgan fingerprint density at radius 1 is 1.17 bits per heavy atom. The van der Waals surface area contributed by atoms with Crippen LogP contribution in [0.4, 0.5) is 0 Å². The number of para-hydroxylation sites is 2. The molecule has 2 N–H and O–H groups in total. The van der Waals surface area contributed by atoms with Crippen LogP contribution in [-0.4, -0.2) is 14.5 Å². The van der Waals surface area contributed by atoms with Crippen molar-refractivity contribution in [2.45, 2.75) is 12.6 Å². The summed E-state index contributed by atoms with van der Waals surface area (Å²) in [5.74, 6) is 0. The van der Waals surface area contributed by atoms with E-state index in [1.807, 2.05) is 42.9 Å². The highest BCUT2D eigenvalue weighted by Gasteiger charge is 2.09. The van der Waals surface area contributed by atoms with E-state index in [2.05, 4.69) is 20.6 Å². The molecular weight excluding hydrogens is 224 g/mol. The van der Waals surface area contributed by atoms with Gasteiger partial charge in [-0.1, -0.05) is 18.2 Å². The van der Waals surface area contributed by atoms with E-state index in [0.29, 0.717) is 6.54 Å². The Morgan fingerprint density at radius 3 is 2.89 bits per heavy atom. The van der Waals surface area contributed by atoms with Gasteiger partial charge in [-0.2, -0.15) is 0 Å². The lowest BCUT2D eigenvalue weighted by Gasteiger charge is -2.12. The van der Waals surface area contributed by atoms with Crippen LogP contribution in [0.25, 0.3) is 11.0 Å². The standard InChI is InChI=1S/C14H14N4/c15-12(11-4-3-7-16-8-11)9-18-10-17-13-5-1-2-6-14(13)18/h1-8,10,12H,9,15H2. The molecule has 3 rings (SSSR count). The molecule has 18 heavy (non-hydrogen) atoms. The first kappa shape index (κ1) is 10.9. The van der Waals surface area contributed by atoms with E-state index in [1.54, 1.807) is 6.20 Å². The van der Waals surface area contributed by atoms with Crippen LogP contribution in [0.1, 0.15) is 11.6 Å². The van der Waals surface area contributed by atoms with Crippen LogP contribution in [-0.2, 0) is 6.54 Å². The Kier molecular flexibility index (Phi) is 2.78. The molecule has 2 heterocycles. The Bertz CT molecular complexity index is 645. The number of nitrogens with zero attached hydrogens (tertiary/aromatic N) is 3. The smallest absolute Gasteiger partial charge is 0.0958 e. The van der Waals surface area contributed by atoms with Gasteiger partial charge in [0.25, 0.3) is 0 Å². The van der Waals surface area contributed by atoms with E-state index in [-0.39, 0.29) is 6.04 Å². The first-order valence-corrected chi connectivity index (χ1v) is 5.90. The average Bonchev–Trinajstić information content (AvgIpc) is 2.83. The molecule has 0 radical (unpaired) electrons. The van der Waals surface area contributed by atoms with E-state index in [9.17, 15) is 0 Å². The Balaban J connectivity index is 1.89. The molecule has 0 aliphatic carbocycles. The van der Waals surface area contributed by atoms with Crippen molar-refractivity contribution in [2.75, 3.05) is 0 Å². The van der Waals surface area contributed by atoms with E-state index >= 15 is 0 Å². The number of fused-ring (bicyclic) bond motifs is 1. The summed E-state index contributed by atoms with van der Waals surface area (Å²) < 4.78 is 2.08. The van der Waals surface area contributed by atoms with Gasteiger partial charge >= 0.3 is 0 Å². The van der Waals surface area contributed by atoms with E-state index in [0.717, 1.165) is 16.6 Å².